The first-order valence-electron chi connectivity index (χ1n) is 8.18. The summed E-state index contributed by atoms with van der Waals surface area (Å²) >= 11 is 0. The molecule has 0 N–H and O–H groups in total. The fourth-order valence-electron chi connectivity index (χ4n) is 1.79. The summed E-state index contributed by atoms with van der Waals surface area (Å²) in [5.41, 5.74) is 0.489. The van der Waals surface area contributed by atoms with Crippen molar-refractivity contribution in [2.75, 3.05) is 6.61 Å². The van der Waals surface area contributed by atoms with Crippen LogP contribution in [0.4, 0.5) is 4.39 Å². The average molecular weight is 354 g/mol. The quantitative estimate of drug-likeness (QED) is 0.525. The van der Waals surface area contributed by atoms with Crippen LogP contribution in [0.3, 0.4) is 0 Å². The van der Waals surface area contributed by atoms with Crippen molar-refractivity contribution in [3.63, 3.8) is 0 Å². The molecule has 24 heavy (non-hydrogen) atoms. The zero-order valence-corrected chi connectivity index (χ0v) is 16.4. The smallest absolute Gasteiger partial charge is 0.308 e. The molecule has 0 spiro atoms. The maximum absolute atomic E-state index is 14.8. The van der Waals surface area contributed by atoms with Gasteiger partial charge < -0.3 is 9.16 Å². The molecule has 0 fully saturated rings. The molecule has 1 aromatic rings. The number of ether oxygens (including phenoxy) is 1. The lowest BCUT2D eigenvalue weighted by Gasteiger charge is -2.38. The molecule has 1 atom stereocenters. The second kappa shape index (κ2) is 8.53. The molecule has 0 aliphatic carbocycles. The fourth-order valence-corrected chi connectivity index (χ4v) is 3.06. The Bertz CT molecular complexity index is 567. The van der Waals surface area contributed by atoms with Gasteiger partial charge in [0, 0.05) is 6.20 Å². The van der Waals surface area contributed by atoms with Crippen LogP contribution < -0.4 is 0 Å². The third kappa shape index (κ3) is 6.17. The van der Waals surface area contributed by atoms with Crippen molar-refractivity contribution in [3.8, 4) is 0 Å². The number of carbonyl (C=O) groups is 1. The van der Waals surface area contributed by atoms with Gasteiger partial charge in [0.25, 0.3) is 0 Å². The Hall–Kier alpha value is -1.53. The molecule has 0 unspecified atom stereocenters. The largest absolute Gasteiger partial charge is 0.466 e. The van der Waals surface area contributed by atoms with E-state index in [-0.39, 0.29) is 18.1 Å². The number of hydrogen-bond acceptors (Lipinski definition) is 4. The molecular formula is C18H28FNO3Si. The monoisotopic (exact) mass is 353 g/mol. The molecule has 0 aliphatic rings. The lowest BCUT2D eigenvalue weighted by Crippen LogP contribution is -2.44. The molecule has 1 rings (SSSR count). The van der Waals surface area contributed by atoms with Crippen molar-refractivity contribution in [2.45, 2.75) is 58.4 Å². The molecule has 0 amide bonds. The first kappa shape index (κ1) is 20.5. The third-order valence-electron chi connectivity index (χ3n) is 4.18. The highest BCUT2D eigenvalue weighted by atomic mass is 28.4. The van der Waals surface area contributed by atoms with Gasteiger partial charge >= 0.3 is 5.97 Å². The summed E-state index contributed by atoms with van der Waals surface area (Å²) in [6.45, 7) is 12.3. The van der Waals surface area contributed by atoms with Gasteiger partial charge in [-0.15, -0.1) is 0 Å². The number of halogens is 1. The minimum absolute atomic E-state index is 0.0921. The minimum atomic E-state index is -2.25. The Balaban J connectivity index is 3.04. The van der Waals surface area contributed by atoms with E-state index in [1.54, 1.807) is 31.3 Å². The highest BCUT2D eigenvalue weighted by molar-refractivity contribution is 6.74. The Morgan fingerprint density at radius 2 is 2.04 bits per heavy atom. The predicted molar refractivity (Wildman–Crippen MR) is 96.6 cm³/mol. The first-order chi connectivity index (χ1) is 11.1. The van der Waals surface area contributed by atoms with Gasteiger partial charge in [-0.3, -0.25) is 9.78 Å². The number of hydrogen-bond donors (Lipinski definition) is 0. The molecule has 4 nitrogen and oxygen atoms in total. The molecular weight excluding hydrogens is 325 g/mol. The summed E-state index contributed by atoms with van der Waals surface area (Å²) in [6, 6.07) is 5.24. The number of aromatic nitrogens is 1. The summed E-state index contributed by atoms with van der Waals surface area (Å²) in [7, 11) is -2.25. The van der Waals surface area contributed by atoms with Crippen molar-refractivity contribution >= 4 is 20.4 Å². The van der Waals surface area contributed by atoms with Crippen molar-refractivity contribution < 1.29 is 18.3 Å². The third-order valence-corrected chi connectivity index (χ3v) is 8.67. The maximum Gasteiger partial charge on any atom is 0.308 e. The predicted octanol–water partition coefficient (Wildman–Crippen LogP) is 4.74. The van der Waals surface area contributed by atoms with E-state index < -0.39 is 26.2 Å². The van der Waals surface area contributed by atoms with E-state index in [1.807, 2.05) is 13.1 Å². The van der Waals surface area contributed by atoms with Crippen molar-refractivity contribution in [2.24, 2.45) is 0 Å². The summed E-state index contributed by atoms with van der Waals surface area (Å²) in [4.78, 5) is 15.9. The molecule has 0 saturated heterocycles. The summed E-state index contributed by atoms with van der Waals surface area (Å²) in [5, 5.41) is -0.0921. The summed E-state index contributed by atoms with van der Waals surface area (Å²) in [5.74, 6) is -0.975. The minimum Gasteiger partial charge on any atom is -0.466 e. The molecule has 0 aromatic carbocycles. The van der Waals surface area contributed by atoms with Crippen LogP contribution in [0.1, 0.15) is 39.8 Å². The van der Waals surface area contributed by atoms with E-state index in [0.29, 0.717) is 5.69 Å². The van der Waals surface area contributed by atoms with Crippen LogP contribution in [0.2, 0.25) is 18.1 Å². The maximum atomic E-state index is 14.8. The van der Waals surface area contributed by atoms with E-state index in [2.05, 4.69) is 25.8 Å². The van der Waals surface area contributed by atoms with Crippen LogP contribution >= 0.6 is 0 Å². The molecule has 1 heterocycles. The van der Waals surface area contributed by atoms with Crippen LogP contribution in [0.25, 0.3) is 6.08 Å². The number of pyridine rings is 1. The zero-order chi connectivity index (χ0) is 18.4. The van der Waals surface area contributed by atoms with Gasteiger partial charge in [0.1, 0.15) is 11.9 Å². The van der Waals surface area contributed by atoms with Gasteiger partial charge in [-0.05, 0) is 43.3 Å². The molecule has 1 aromatic heterocycles. The van der Waals surface area contributed by atoms with E-state index in [1.165, 1.54) is 6.08 Å². The Morgan fingerprint density at radius 3 is 2.54 bits per heavy atom. The van der Waals surface area contributed by atoms with E-state index in [4.69, 9.17) is 9.16 Å². The number of carbonyl (C=O) groups excluding carboxylic acids is 1. The van der Waals surface area contributed by atoms with Gasteiger partial charge in [-0.25, -0.2) is 4.39 Å². The van der Waals surface area contributed by atoms with Crippen molar-refractivity contribution in [1.29, 1.82) is 0 Å². The molecule has 6 heteroatoms. The molecule has 0 aliphatic heterocycles. The SMILES string of the molecule is CCOC(=O)C[C@H](O[Si](C)(C)C(C)(C)C)/C(F)=C\c1ccccn1. The second-order valence-electron chi connectivity index (χ2n) is 7.16. The van der Waals surface area contributed by atoms with Gasteiger partial charge in [0.2, 0.25) is 0 Å². The summed E-state index contributed by atoms with van der Waals surface area (Å²) < 4.78 is 25.9. The lowest BCUT2D eigenvalue weighted by atomic mass is 10.2. The Kier molecular flexibility index (Phi) is 7.29. The number of rotatable bonds is 7. The van der Waals surface area contributed by atoms with Gasteiger partial charge in [-0.1, -0.05) is 26.8 Å². The standard InChI is InChI=1S/C18H28FNO3Si/c1-7-22-17(21)13-16(23-24(5,6)18(2,3)4)15(19)12-14-10-8-9-11-20-14/h8-12,16H,7,13H2,1-6H3/b15-12+/t16-/m0/s1. The highest BCUT2D eigenvalue weighted by Crippen LogP contribution is 2.38. The second-order valence-corrected chi connectivity index (χ2v) is 11.9. The van der Waals surface area contributed by atoms with Crippen molar-refractivity contribution in [1.82, 2.24) is 4.98 Å². The molecule has 0 saturated carbocycles. The fraction of sp³-hybridized carbons (Fsp3) is 0.556. The van der Waals surface area contributed by atoms with E-state index >= 15 is 0 Å². The van der Waals surface area contributed by atoms with Gasteiger partial charge in [-0.2, -0.15) is 0 Å². The molecule has 0 bridgehead atoms. The van der Waals surface area contributed by atoms with Crippen LogP contribution in [0, 0.1) is 0 Å². The van der Waals surface area contributed by atoms with E-state index in [0.717, 1.165) is 0 Å². The van der Waals surface area contributed by atoms with Crippen LogP contribution in [0.15, 0.2) is 30.2 Å². The van der Waals surface area contributed by atoms with E-state index in [9.17, 15) is 9.18 Å². The molecule has 134 valence electrons. The topological polar surface area (TPSA) is 48.4 Å². The van der Waals surface area contributed by atoms with Gasteiger partial charge in [0.15, 0.2) is 8.32 Å². The highest BCUT2D eigenvalue weighted by Gasteiger charge is 2.40. The molecule has 0 radical (unpaired) electrons. The average Bonchev–Trinajstić information content (AvgIpc) is 2.46. The number of esters is 1. The van der Waals surface area contributed by atoms with Crippen molar-refractivity contribution in [3.05, 3.63) is 35.9 Å². The summed E-state index contributed by atoms with van der Waals surface area (Å²) in [6.07, 6.45) is 1.81. The number of nitrogens with zero attached hydrogens (tertiary/aromatic N) is 1. The first-order valence-corrected chi connectivity index (χ1v) is 11.1. The van der Waals surface area contributed by atoms with Crippen LogP contribution in [-0.2, 0) is 14.0 Å². The van der Waals surface area contributed by atoms with Crippen LogP contribution in [-0.4, -0.2) is 32.0 Å². The lowest BCUT2D eigenvalue weighted by molar-refractivity contribution is -0.144. The zero-order valence-electron chi connectivity index (χ0n) is 15.4. The normalized spacial score (nSPS) is 14.4. The Labute approximate surface area is 145 Å². The van der Waals surface area contributed by atoms with Gasteiger partial charge in [0.05, 0.1) is 18.7 Å². The van der Waals surface area contributed by atoms with Crippen LogP contribution in [0.5, 0.6) is 0 Å². The Morgan fingerprint density at radius 1 is 1.38 bits per heavy atom.